The Morgan fingerprint density at radius 3 is 2.40 bits per heavy atom. The molecule has 0 bridgehead atoms. The van der Waals surface area contributed by atoms with Crippen LogP contribution in [0.2, 0.25) is 0 Å². The number of rotatable bonds is 4. The average molecular weight is 424 g/mol. The van der Waals surface area contributed by atoms with Crippen molar-refractivity contribution in [2.75, 3.05) is 18.1 Å². The van der Waals surface area contributed by atoms with E-state index in [1.165, 1.54) is 12.1 Å². The second-order valence-electron chi connectivity index (χ2n) is 7.02. The molecule has 164 valence electrons. The van der Waals surface area contributed by atoms with E-state index in [0.717, 1.165) is 38.2 Å². The summed E-state index contributed by atoms with van der Waals surface area (Å²) in [6, 6.07) is 5.36. The lowest BCUT2D eigenvalue weighted by Crippen LogP contribution is -2.32. The van der Waals surface area contributed by atoms with Crippen molar-refractivity contribution in [3.63, 3.8) is 0 Å². The highest BCUT2D eigenvalue weighted by atomic mass is 19.4. The minimum absolute atomic E-state index is 0.0400. The SMILES string of the molecule is CNc1nc(C)nc(N)n1.O=C(NCc1ccccc1C(F)(F)F)C1CCCCC1. The fraction of sp³-hybridized carbons (Fsp3) is 0.500. The van der Waals surface area contributed by atoms with Crippen LogP contribution < -0.4 is 16.4 Å². The molecule has 10 heteroatoms. The highest BCUT2D eigenvalue weighted by Gasteiger charge is 2.33. The topological polar surface area (TPSA) is 106 Å². The molecule has 4 N–H and O–H groups in total. The standard InChI is InChI=1S/C15H18F3NO.C5H9N5/c16-15(17,18)13-9-5-4-8-12(13)10-19-14(20)11-6-2-1-3-7-11;1-3-8-4(6)10-5(7-2)9-3/h4-5,8-9,11H,1-3,6-7,10H2,(H,19,20);1-2H3,(H3,6,7,8,9,10). The van der Waals surface area contributed by atoms with Crippen LogP contribution in [0.15, 0.2) is 24.3 Å². The molecule has 1 aliphatic rings. The van der Waals surface area contributed by atoms with Crippen molar-refractivity contribution in [3.05, 3.63) is 41.2 Å². The van der Waals surface area contributed by atoms with Crippen LogP contribution in [0, 0.1) is 12.8 Å². The predicted octanol–water partition coefficient (Wildman–Crippen LogP) is 3.71. The highest BCUT2D eigenvalue weighted by Crippen LogP contribution is 2.32. The zero-order valence-electron chi connectivity index (χ0n) is 17.1. The number of carbonyl (C=O) groups excluding carboxylic acids is 1. The Morgan fingerprint density at radius 1 is 1.13 bits per heavy atom. The van der Waals surface area contributed by atoms with Crippen molar-refractivity contribution in [1.29, 1.82) is 0 Å². The van der Waals surface area contributed by atoms with Crippen molar-refractivity contribution in [3.8, 4) is 0 Å². The number of nitrogens with one attached hydrogen (secondary N) is 2. The number of benzene rings is 1. The molecule has 3 rings (SSSR count). The number of nitrogens with zero attached hydrogens (tertiary/aromatic N) is 3. The van der Waals surface area contributed by atoms with Gasteiger partial charge in [0.05, 0.1) is 5.56 Å². The lowest BCUT2D eigenvalue weighted by atomic mass is 9.88. The molecule has 7 nitrogen and oxygen atoms in total. The Balaban J connectivity index is 0.000000269. The number of nitrogen functional groups attached to an aromatic ring is 1. The molecule has 0 saturated heterocycles. The van der Waals surface area contributed by atoms with Gasteiger partial charge >= 0.3 is 6.18 Å². The maximum atomic E-state index is 12.8. The molecule has 0 spiro atoms. The molecule has 1 aromatic carbocycles. The van der Waals surface area contributed by atoms with E-state index >= 15 is 0 Å². The van der Waals surface area contributed by atoms with E-state index in [1.807, 2.05) is 0 Å². The first kappa shape index (κ1) is 23.4. The minimum atomic E-state index is -4.38. The summed E-state index contributed by atoms with van der Waals surface area (Å²) in [5.41, 5.74) is 4.77. The van der Waals surface area contributed by atoms with Gasteiger partial charge in [-0.2, -0.15) is 28.1 Å². The van der Waals surface area contributed by atoms with Gasteiger partial charge in [0.25, 0.3) is 0 Å². The van der Waals surface area contributed by atoms with Gasteiger partial charge in [0.1, 0.15) is 5.82 Å². The third kappa shape index (κ3) is 7.16. The first-order chi connectivity index (χ1) is 14.2. The zero-order chi connectivity index (χ0) is 22.1. The van der Waals surface area contributed by atoms with Crippen LogP contribution in [0.5, 0.6) is 0 Å². The van der Waals surface area contributed by atoms with Crippen LogP contribution >= 0.6 is 0 Å². The molecular weight excluding hydrogens is 397 g/mol. The quantitative estimate of drug-likeness (QED) is 0.691. The van der Waals surface area contributed by atoms with Crippen LogP contribution in [0.1, 0.15) is 49.1 Å². The van der Waals surface area contributed by atoms with Gasteiger partial charge in [0, 0.05) is 19.5 Å². The van der Waals surface area contributed by atoms with E-state index in [2.05, 4.69) is 25.6 Å². The predicted molar refractivity (Wildman–Crippen MR) is 108 cm³/mol. The van der Waals surface area contributed by atoms with Gasteiger partial charge in [-0.1, -0.05) is 37.5 Å². The van der Waals surface area contributed by atoms with Gasteiger partial charge in [-0.15, -0.1) is 0 Å². The Bertz CT molecular complexity index is 817. The maximum absolute atomic E-state index is 12.8. The monoisotopic (exact) mass is 424 g/mol. The summed E-state index contributed by atoms with van der Waals surface area (Å²) in [6.45, 7) is 1.70. The summed E-state index contributed by atoms with van der Waals surface area (Å²) in [5.74, 6) is 1.21. The molecule has 0 unspecified atom stereocenters. The second kappa shape index (κ2) is 10.7. The molecule has 1 aliphatic carbocycles. The van der Waals surface area contributed by atoms with Gasteiger partial charge in [-0.25, -0.2) is 0 Å². The van der Waals surface area contributed by atoms with Gasteiger partial charge in [-0.3, -0.25) is 4.79 Å². The number of nitrogens with two attached hydrogens (primary N) is 1. The smallest absolute Gasteiger partial charge is 0.368 e. The third-order valence-electron chi connectivity index (χ3n) is 4.74. The molecule has 1 fully saturated rings. The minimum Gasteiger partial charge on any atom is -0.368 e. The summed E-state index contributed by atoms with van der Waals surface area (Å²) in [7, 11) is 1.73. The van der Waals surface area contributed by atoms with Crippen LogP contribution in [0.25, 0.3) is 0 Å². The average Bonchev–Trinajstić information content (AvgIpc) is 2.72. The molecule has 0 atom stereocenters. The molecule has 2 aromatic rings. The van der Waals surface area contributed by atoms with E-state index < -0.39 is 11.7 Å². The van der Waals surface area contributed by atoms with Crippen molar-refractivity contribution >= 4 is 17.8 Å². The van der Waals surface area contributed by atoms with Crippen LogP contribution in [-0.4, -0.2) is 27.9 Å². The molecular formula is C20H27F3N6O. The molecule has 30 heavy (non-hydrogen) atoms. The Kier molecular flexibility index (Phi) is 8.37. The molecule has 0 radical (unpaired) electrons. The van der Waals surface area contributed by atoms with Gasteiger partial charge in [-0.05, 0) is 31.4 Å². The van der Waals surface area contributed by atoms with Crippen LogP contribution in [-0.2, 0) is 17.5 Å². The lowest BCUT2D eigenvalue weighted by Gasteiger charge is -2.21. The first-order valence-electron chi connectivity index (χ1n) is 9.79. The molecule has 0 aliphatic heterocycles. The number of carbonyl (C=O) groups is 1. The largest absolute Gasteiger partial charge is 0.416 e. The summed E-state index contributed by atoms with van der Waals surface area (Å²) >= 11 is 0. The van der Waals surface area contributed by atoms with Crippen LogP contribution in [0.3, 0.4) is 0 Å². The lowest BCUT2D eigenvalue weighted by molar-refractivity contribution is -0.138. The molecule has 1 saturated carbocycles. The number of aryl methyl sites for hydroxylation is 1. The fourth-order valence-electron chi connectivity index (χ4n) is 3.26. The van der Waals surface area contributed by atoms with Gasteiger partial charge < -0.3 is 16.4 Å². The third-order valence-corrected chi connectivity index (χ3v) is 4.74. The molecule has 1 heterocycles. The number of alkyl halides is 3. The summed E-state index contributed by atoms with van der Waals surface area (Å²) in [5, 5.41) is 5.41. The number of halogens is 3. The second-order valence-corrected chi connectivity index (χ2v) is 7.02. The van der Waals surface area contributed by atoms with Gasteiger partial charge in [0.15, 0.2) is 0 Å². The Labute approximate surface area is 173 Å². The number of anilines is 2. The Hall–Kier alpha value is -2.91. The zero-order valence-corrected chi connectivity index (χ0v) is 17.1. The maximum Gasteiger partial charge on any atom is 0.416 e. The van der Waals surface area contributed by atoms with E-state index in [4.69, 9.17) is 5.73 Å². The number of aromatic nitrogens is 3. The number of hydrogen-bond donors (Lipinski definition) is 3. The van der Waals surface area contributed by atoms with E-state index in [-0.39, 0.29) is 29.9 Å². The summed E-state index contributed by atoms with van der Waals surface area (Å²) < 4.78 is 38.4. The van der Waals surface area contributed by atoms with E-state index in [0.29, 0.717) is 11.8 Å². The van der Waals surface area contributed by atoms with E-state index in [9.17, 15) is 18.0 Å². The van der Waals surface area contributed by atoms with Crippen molar-refractivity contribution in [2.24, 2.45) is 5.92 Å². The molecule has 1 amide bonds. The summed E-state index contributed by atoms with van der Waals surface area (Å²) in [6.07, 6.45) is 0.487. The number of hydrogen-bond acceptors (Lipinski definition) is 6. The van der Waals surface area contributed by atoms with Gasteiger partial charge in [0.2, 0.25) is 17.8 Å². The van der Waals surface area contributed by atoms with Crippen LogP contribution in [0.4, 0.5) is 25.1 Å². The number of amides is 1. The summed E-state index contributed by atoms with van der Waals surface area (Å²) in [4.78, 5) is 23.5. The Morgan fingerprint density at radius 2 is 1.80 bits per heavy atom. The van der Waals surface area contributed by atoms with E-state index in [1.54, 1.807) is 20.0 Å². The highest BCUT2D eigenvalue weighted by molar-refractivity contribution is 5.78. The normalized spacial score (nSPS) is 14.4. The van der Waals surface area contributed by atoms with Crippen molar-refractivity contribution in [1.82, 2.24) is 20.3 Å². The first-order valence-corrected chi connectivity index (χ1v) is 9.79. The van der Waals surface area contributed by atoms with Crippen molar-refractivity contribution in [2.45, 2.75) is 51.7 Å². The fourth-order valence-corrected chi connectivity index (χ4v) is 3.26. The van der Waals surface area contributed by atoms with Crippen molar-refractivity contribution < 1.29 is 18.0 Å². The molecule has 1 aromatic heterocycles.